The molecule has 2 rings (SSSR count). The van der Waals surface area contributed by atoms with Crippen molar-refractivity contribution >= 4 is 11.6 Å². The summed E-state index contributed by atoms with van der Waals surface area (Å²) in [4.78, 5) is 14.2. The zero-order valence-corrected chi connectivity index (χ0v) is 13.0. The molecule has 1 N–H and O–H groups in total. The monoisotopic (exact) mass is 286 g/mol. The molecule has 0 aliphatic heterocycles. The first kappa shape index (κ1) is 15.3. The molecule has 0 radical (unpaired) electrons. The maximum atomic E-state index is 12.0. The van der Waals surface area contributed by atoms with E-state index in [1.54, 1.807) is 24.0 Å². The predicted octanol–water partition coefficient (Wildman–Crippen LogP) is 2.51. The normalized spacial score (nSPS) is 11.1. The molecule has 1 amide bonds. The molecule has 5 nitrogen and oxygen atoms in total. The molecule has 0 saturated carbocycles. The van der Waals surface area contributed by atoms with Gasteiger partial charge in [-0.05, 0) is 44.7 Å². The largest absolute Gasteiger partial charge is 0.321 e. The van der Waals surface area contributed by atoms with E-state index in [0.717, 1.165) is 12.2 Å². The molecular formula is C16H22N4O. The van der Waals surface area contributed by atoms with Gasteiger partial charge in [-0.25, -0.2) is 0 Å². The molecule has 0 atom stereocenters. The van der Waals surface area contributed by atoms with Crippen LogP contribution in [0.15, 0.2) is 36.5 Å². The third-order valence-electron chi connectivity index (χ3n) is 3.47. The fraction of sp³-hybridized carbons (Fsp3) is 0.375. The third kappa shape index (κ3) is 4.16. The van der Waals surface area contributed by atoms with Gasteiger partial charge in [0, 0.05) is 31.5 Å². The third-order valence-corrected chi connectivity index (χ3v) is 3.47. The summed E-state index contributed by atoms with van der Waals surface area (Å²) in [7, 11) is 3.89. The van der Waals surface area contributed by atoms with Gasteiger partial charge < -0.3 is 5.32 Å². The van der Waals surface area contributed by atoms with Crippen LogP contribution in [-0.4, -0.2) is 33.7 Å². The smallest absolute Gasteiger partial charge is 0.276 e. The lowest BCUT2D eigenvalue weighted by Crippen LogP contribution is -2.25. The van der Waals surface area contributed by atoms with Crippen molar-refractivity contribution in [2.24, 2.45) is 7.05 Å². The lowest BCUT2D eigenvalue weighted by atomic mass is 10.2. The quantitative estimate of drug-likeness (QED) is 0.919. The van der Waals surface area contributed by atoms with Gasteiger partial charge in [-0.3, -0.25) is 14.4 Å². The molecule has 1 aromatic carbocycles. The van der Waals surface area contributed by atoms with E-state index in [1.165, 1.54) is 5.56 Å². The Morgan fingerprint density at radius 3 is 2.48 bits per heavy atom. The average molecular weight is 286 g/mol. The topological polar surface area (TPSA) is 50.2 Å². The second-order valence-electron chi connectivity index (χ2n) is 5.53. The number of hydrogen-bond donors (Lipinski definition) is 1. The Hall–Kier alpha value is -2.14. The molecular weight excluding hydrogens is 264 g/mol. The molecule has 0 aliphatic rings. The number of aryl methyl sites for hydroxylation is 1. The van der Waals surface area contributed by atoms with Crippen molar-refractivity contribution in [3.63, 3.8) is 0 Å². The summed E-state index contributed by atoms with van der Waals surface area (Å²) in [6, 6.07) is 10.1. The van der Waals surface area contributed by atoms with E-state index in [0.29, 0.717) is 11.7 Å². The number of nitrogens with one attached hydrogen (secondary N) is 1. The van der Waals surface area contributed by atoms with Gasteiger partial charge >= 0.3 is 0 Å². The fourth-order valence-electron chi connectivity index (χ4n) is 1.90. The summed E-state index contributed by atoms with van der Waals surface area (Å²) in [5.41, 5.74) is 2.42. The van der Waals surface area contributed by atoms with Gasteiger partial charge in [-0.2, -0.15) is 5.10 Å². The molecule has 112 valence electrons. The molecule has 0 saturated heterocycles. The maximum absolute atomic E-state index is 12.0. The standard InChI is InChI=1S/C16H22N4O/c1-12(2)19(3)11-13-5-7-14(8-6-13)17-16(21)15-9-10-20(4)18-15/h5-10,12H,11H2,1-4H3,(H,17,21). The summed E-state index contributed by atoms with van der Waals surface area (Å²) in [6.07, 6.45) is 1.75. The van der Waals surface area contributed by atoms with Crippen LogP contribution in [0.4, 0.5) is 5.69 Å². The van der Waals surface area contributed by atoms with Gasteiger partial charge in [-0.1, -0.05) is 12.1 Å². The minimum Gasteiger partial charge on any atom is -0.321 e. The van der Waals surface area contributed by atoms with Crippen LogP contribution in [0, 0.1) is 0 Å². The Labute approximate surface area is 125 Å². The Kier molecular flexibility index (Phi) is 4.75. The SMILES string of the molecule is CC(C)N(C)Cc1ccc(NC(=O)c2ccn(C)n2)cc1. The summed E-state index contributed by atoms with van der Waals surface area (Å²) in [5.74, 6) is -0.192. The highest BCUT2D eigenvalue weighted by atomic mass is 16.1. The number of carbonyl (C=O) groups is 1. The number of benzene rings is 1. The average Bonchev–Trinajstić information content (AvgIpc) is 2.87. The fourth-order valence-corrected chi connectivity index (χ4v) is 1.90. The minimum atomic E-state index is -0.192. The first-order valence-corrected chi connectivity index (χ1v) is 7.06. The van der Waals surface area contributed by atoms with Crippen molar-refractivity contribution in [2.45, 2.75) is 26.4 Å². The number of anilines is 1. The van der Waals surface area contributed by atoms with E-state index in [-0.39, 0.29) is 5.91 Å². The molecule has 1 aromatic heterocycles. The van der Waals surface area contributed by atoms with Crippen molar-refractivity contribution in [1.29, 1.82) is 0 Å². The molecule has 0 unspecified atom stereocenters. The number of amides is 1. The lowest BCUT2D eigenvalue weighted by molar-refractivity contribution is 0.102. The Morgan fingerprint density at radius 2 is 1.95 bits per heavy atom. The summed E-state index contributed by atoms with van der Waals surface area (Å²) in [5, 5.41) is 6.93. The first-order chi connectivity index (χ1) is 9.95. The second kappa shape index (κ2) is 6.54. The van der Waals surface area contributed by atoms with Crippen LogP contribution in [0.2, 0.25) is 0 Å². The Bertz CT molecular complexity index is 601. The molecule has 21 heavy (non-hydrogen) atoms. The zero-order chi connectivity index (χ0) is 15.4. The highest BCUT2D eigenvalue weighted by Crippen LogP contribution is 2.13. The van der Waals surface area contributed by atoms with Gasteiger partial charge in [0.15, 0.2) is 5.69 Å². The van der Waals surface area contributed by atoms with Gasteiger partial charge in [0.05, 0.1) is 0 Å². The van der Waals surface area contributed by atoms with E-state index in [9.17, 15) is 4.79 Å². The Morgan fingerprint density at radius 1 is 1.29 bits per heavy atom. The number of aromatic nitrogens is 2. The predicted molar refractivity (Wildman–Crippen MR) is 84.2 cm³/mol. The van der Waals surface area contributed by atoms with Crippen LogP contribution in [0.5, 0.6) is 0 Å². The molecule has 0 aliphatic carbocycles. The molecule has 0 fully saturated rings. The van der Waals surface area contributed by atoms with Crippen LogP contribution >= 0.6 is 0 Å². The number of nitrogens with zero attached hydrogens (tertiary/aromatic N) is 3. The molecule has 2 aromatic rings. The number of carbonyl (C=O) groups excluding carboxylic acids is 1. The van der Waals surface area contributed by atoms with Crippen molar-refractivity contribution in [2.75, 3.05) is 12.4 Å². The molecule has 1 heterocycles. The van der Waals surface area contributed by atoms with Crippen LogP contribution in [0.1, 0.15) is 29.9 Å². The van der Waals surface area contributed by atoms with E-state index in [1.807, 2.05) is 24.3 Å². The Balaban J connectivity index is 1.97. The van der Waals surface area contributed by atoms with E-state index in [2.05, 4.69) is 36.2 Å². The van der Waals surface area contributed by atoms with Gasteiger partial charge in [-0.15, -0.1) is 0 Å². The zero-order valence-electron chi connectivity index (χ0n) is 13.0. The van der Waals surface area contributed by atoms with Crippen LogP contribution in [0.3, 0.4) is 0 Å². The van der Waals surface area contributed by atoms with Gasteiger partial charge in [0.25, 0.3) is 5.91 Å². The molecule has 0 bridgehead atoms. The van der Waals surface area contributed by atoms with Gasteiger partial charge in [0.1, 0.15) is 0 Å². The number of hydrogen-bond acceptors (Lipinski definition) is 3. The van der Waals surface area contributed by atoms with E-state index < -0.39 is 0 Å². The maximum Gasteiger partial charge on any atom is 0.276 e. The highest BCUT2D eigenvalue weighted by Gasteiger charge is 2.09. The molecule has 5 heteroatoms. The number of rotatable bonds is 5. The second-order valence-corrected chi connectivity index (χ2v) is 5.53. The van der Waals surface area contributed by atoms with Crippen LogP contribution in [0.25, 0.3) is 0 Å². The highest BCUT2D eigenvalue weighted by molar-refractivity contribution is 6.02. The van der Waals surface area contributed by atoms with Gasteiger partial charge in [0.2, 0.25) is 0 Å². The molecule has 0 spiro atoms. The lowest BCUT2D eigenvalue weighted by Gasteiger charge is -2.21. The van der Waals surface area contributed by atoms with Crippen molar-refractivity contribution < 1.29 is 4.79 Å². The van der Waals surface area contributed by atoms with Crippen molar-refractivity contribution in [1.82, 2.24) is 14.7 Å². The summed E-state index contributed by atoms with van der Waals surface area (Å²) in [6.45, 7) is 5.23. The summed E-state index contributed by atoms with van der Waals surface area (Å²) < 4.78 is 1.61. The van der Waals surface area contributed by atoms with E-state index >= 15 is 0 Å². The van der Waals surface area contributed by atoms with Crippen LogP contribution < -0.4 is 5.32 Å². The summed E-state index contributed by atoms with van der Waals surface area (Å²) >= 11 is 0. The van der Waals surface area contributed by atoms with E-state index in [4.69, 9.17) is 0 Å². The van der Waals surface area contributed by atoms with Crippen molar-refractivity contribution in [3.8, 4) is 0 Å². The minimum absolute atomic E-state index is 0.192. The van der Waals surface area contributed by atoms with Crippen LogP contribution in [-0.2, 0) is 13.6 Å². The van der Waals surface area contributed by atoms with Crippen molar-refractivity contribution in [3.05, 3.63) is 47.8 Å². The first-order valence-electron chi connectivity index (χ1n) is 7.06.